The predicted molar refractivity (Wildman–Crippen MR) is 149 cm³/mol. The molecule has 6 aromatic carbocycles. The Morgan fingerprint density at radius 3 is 1.80 bits per heavy atom. The summed E-state index contributed by atoms with van der Waals surface area (Å²) in [5.41, 5.74) is 3.38. The van der Waals surface area contributed by atoms with Crippen LogP contribution in [0.4, 0.5) is 0 Å². The van der Waals surface area contributed by atoms with E-state index >= 15 is 0 Å². The molecule has 0 fully saturated rings. The molecule has 0 unspecified atom stereocenters. The number of rotatable bonds is 1. The van der Waals surface area contributed by atoms with Gasteiger partial charge in [-0.05, 0) is 78.9 Å². The summed E-state index contributed by atoms with van der Waals surface area (Å²) >= 11 is 3.46. The fourth-order valence-corrected chi connectivity index (χ4v) is 5.70. The molecule has 0 saturated heterocycles. The van der Waals surface area contributed by atoms with E-state index in [1.807, 2.05) is 42.5 Å². The standard InChI is InChI=1S/C32H17BrO2/c33-32-21-9-3-1-7-19(21)29(20-8-2-4-10-22(20)32)18-13-14-24-28(17-18)35-27-16-15-26-30(31(24)27)23-11-5-6-12-25(23)34-26/h1-17H/i1D,2D,3D,4D,7D,8D,9D,10D. The van der Waals surface area contributed by atoms with Crippen LogP contribution in [0.15, 0.2) is 116 Å². The van der Waals surface area contributed by atoms with E-state index in [9.17, 15) is 0 Å². The Morgan fingerprint density at radius 1 is 0.543 bits per heavy atom. The van der Waals surface area contributed by atoms with Gasteiger partial charge in [0.05, 0.1) is 11.0 Å². The van der Waals surface area contributed by atoms with E-state index in [0.717, 1.165) is 32.7 Å². The van der Waals surface area contributed by atoms with Crippen LogP contribution in [0.3, 0.4) is 0 Å². The van der Waals surface area contributed by atoms with E-state index in [0.29, 0.717) is 16.7 Å². The van der Waals surface area contributed by atoms with Gasteiger partial charge in [0, 0.05) is 26.0 Å². The predicted octanol–water partition coefficient (Wildman–Crippen LogP) is 10.2. The number of hydrogen-bond donors (Lipinski definition) is 0. The SMILES string of the molecule is [2H]c1c([2H])c([2H])c2c(-c3ccc4c(c3)oc3ccc5oc6ccccc6c5c34)c3c([2H])c([2H])c([2H])c([2H])c3c(Br)c2c1[2H]. The minimum atomic E-state index is -0.440. The lowest BCUT2D eigenvalue weighted by Gasteiger charge is -2.14. The molecule has 0 aliphatic rings. The zero-order valence-electron chi connectivity index (χ0n) is 25.9. The molecule has 0 amide bonds. The normalized spacial score (nSPS) is 15.3. The fourth-order valence-electron chi connectivity index (χ4n) is 5.11. The van der Waals surface area contributed by atoms with Crippen LogP contribution in [0.5, 0.6) is 0 Å². The van der Waals surface area contributed by atoms with Gasteiger partial charge in [-0.15, -0.1) is 0 Å². The molecule has 0 radical (unpaired) electrons. The van der Waals surface area contributed by atoms with E-state index in [2.05, 4.69) is 15.9 Å². The molecule has 164 valence electrons. The summed E-state index contributed by atoms with van der Waals surface area (Å²) in [6.45, 7) is 0. The van der Waals surface area contributed by atoms with Crippen molar-refractivity contribution in [3.8, 4) is 11.1 Å². The summed E-state index contributed by atoms with van der Waals surface area (Å²) in [4.78, 5) is 0. The third kappa shape index (κ3) is 2.59. The lowest BCUT2D eigenvalue weighted by atomic mass is 9.91. The van der Waals surface area contributed by atoms with Crippen LogP contribution in [0.1, 0.15) is 11.0 Å². The highest BCUT2D eigenvalue weighted by atomic mass is 79.9. The molecule has 0 saturated carbocycles. The first-order chi connectivity index (χ1) is 20.6. The molecule has 0 aliphatic carbocycles. The van der Waals surface area contributed by atoms with Gasteiger partial charge in [0.25, 0.3) is 0 Å². The van der Waals surface area contributed by atoms with Gasteiger partial charge < -0.3 is 8.83 Å². The van der Waals surface area contributed by atoms with E-state index in [1.165, 1.54) is 0 Å². The van der Waals surface area contributed by atoms with Crippen molar-refractivity contribution in [2.45, 2.75) is 0 Å². The maximum absolute atomic E-state index is 8.87. The van der Waals surface area contributed by atoms with Crippen LogP contribution in [0.25, 0.3) is 76.5 Å². The van der Waals surface area contributed by atoms with Crippen molar-refractivity contribution in [2.75, 3.05) is 0 Å². The van der Waals surface area contributed by atoms with E-state index in [-0.39, 0.29) is 55.8 Å². The highest BCUT2D eigenvalue weighted by molar-refractivity contribution is 9.10. The van der Waals surface area contributed by atoms with E-state index in [4.69, 9.17) is 19.8 Å². The third-order valence-electron chi connectivity index (χ3n) is 6.58. The van der Waals surface area contributed by atoms with E-state index in [1.54, 1.807) is 12.1 Å². The van der Waals surface area contributed by atoms with Gasteiger partial charge in [-0.1, -0.05) is 72.6 Å². The smallest absolute Gasteiger partial charge is 0.136 e. The first-order valence-corrected chi connectivity index (χ1v) is 11.8. The van der Waals surface area contributed by atoms with Crippen molar-refractivity contribution in [3.05, 3.63) is 107 Å². The van der Waals surface area contributed by atoms with Gasteiger partial charge in [0.2, 0.25) is 0 Å². The molecule has 0 atom stereocenters. The second kappa shape index (κ2) is 6.97. The van der Waals surface area contributed by atoms with Crippen molar-refractivity contribution >= 4 is 81.4 Å². The molecule has 2 aromatic heterocycles. The Labute approximate surface area is 219 Å². The summed E-state index contributed by atoms with van der Waals surface area (Å²) in [5.74, 6) is 0. The average molecular weight is 521 g/mol. The van der Waals surface area contributed by atoms with Crippen molar-refractivity contribution in [3.63, 3.8) is 0 Å². The van der Waals surface area contributed by atoms with Gasteiger partial charge in [-0.3, -0.25) is 0 Å². The van der Waals surface area contributed by atoms with Crippen LogP contribution in [0.2, 0.25) is 0 Å². The minimum Gasteiger partial charge on any atom is -0.456 e. The fraction of sp³-hybridized carbons (Fsp3) is 0. The van der Waals surface area contributed by atoms with Crippen molar-refractivity contribution in [1.82, 2.24) is 0 Å². The minimum absolute atomic E-state index is 0.134. The summed E-state index contributed by atoms with van der Waals surface area (Å²) in [7, 11) is 0. The summed E-state index contributed by atoms with van der Waals surface area (Å²) in [6.07, 6.45) is 0. The van der Waals surface area contributed by atoms with Crippen molar-refractivity contribution in [1.29, 1.82) is 0 Å². The number of furan rings is 2. The molecular formula is C32H17BrO2. The number of para-hydroxylation sites is 1. The Hall–Kier alpha value is -4.08. The quantitative estimate of drug-likeness (QED) is 0.201. The Morgan fingerprint density at radius 2 is 1.11 bits per heavy atom. The summed E-state index contributed by atoms with van der Waals surface area (Å²) in [5, 5.41) is 4.12. The number of hydrogen-bond acceptors (Lipinski definition) is 2. The number of benzene rings is 6. The molecule has 0 bridgehead atoms. The van der Waals surface area contributed by atoms with Gasteiger partial charge in [0.15, 0.2) is 0 Å². The Bertz CT molecular complexity index is 2490. The van der Waals surface area contributed by atoms with Crippen LogP contribution in [-0.4, -0.2) is 0 Å². The highest BCUT2D eigenvalue weighted by Crippen LogP contribution is 2.44. The Balaban J connectivity index is 1.57. The van der Waals surface area contributed by atoms with Gasteiger partial charge >= 0.3 is 0 Å². The summed E-state index contributed by atoms with van der Waals surface area (Å²) in [6, 6.07) is 13.9. The first-order valence-electron chi connectivity index (χ1n) is 15.0. The molecule has 0 aliphatic heterocycles. The van der Waals surface area contributed by atoms with Crippen molar-refractivity contribution in [2.24, 2.45) is 0 Å². The van der Waals surface area contributed by atoms with Crippen LogP contribution in [-0.2, 0) is 0 Å². The third-order valence-corrected chi connectivity index (χ3v) is 7.37. The molecule has 8 aromatic rings. The van der Waals surface area contributed by atoms with Gasteiger partial charge in [-0.25, -0.2) is 0 Å². The molecule has 2 heterocycles. The van der Waals surface area contributed by atoms with Gasteiger partial charge in [-0.2, -0.15) is 0 Å². The second-order valence-corrected chi connectivity index (χ2v) is 9.21. The molecule has 0 N–H and O–H groups in total. The van der Waals surface area contributed by atoms with E-state index < -0.39 is 24.2 Å². The second-order valence-electron chi connectivity index (χ2n) is 8.41. The average Bonchev–Trinajstić information content (AvgIpc) is 3.57. The van der Waals surface area contributed by atoms with Crippen LogP contribution in [0, 0.1) is 0 Å². The maximum Gasteiger partial charge on any atom is 0.136 e. The summed E-state index contributed by atoms with van der Waals surface area (Å²) < 4.78 is 81.2. The first kappa shape index (κ1) is 13.1. The molecule has 35 heavy (non-hydrogen) atoms. The molecule has 3 heteroatoms. The zero-order valence-corrected chi connectivity index (χ0v) is 19.5. The highest BCUT2D eigenvalue weighted by Gasteiger charge is 2.18. The van der Waals surface area contributed by atoms with Crippen LogP contribution >= 0.6 is 15.9 Å². The maximum atomic E-state index is 8.87. The number of halogens is 1. The number of fused-ring (bicyclic) bond motifs is 9. The zero-order chi connectivity index (χ0) is 30.1. The monoisotopic (exact) mass is 520 g/mol. The lowest BCUT2D eigenvalue weighted by Crippen LogP contribution is -1.87. The molecule has 8 rings (SSSR count). The lowest BCUT2D eigenvalue weighted by molar-refractivity contribution is 0.663. The van der Waals surface area contributed by atoms with Crippen LogP contribution < -0.4 is 0 Å². The largest absolute Gasteiger partial charge is 0.456 e. The molecule has 0 spiro atoms. The molecular weight excluding hydrogens is 496 g/mol. The topological polar surface area (TPSA) is 26.3 Å². The Kier molecular flexibility index (Phi) is 2.61. The van der Waals surface area contributed by atoms with Crippen molar-refractivity contribution < 1.29 is 19.8 Å². The van der Waals surface area contributed by atoms with Gasteiger partial charge in [0.1, 0.15) is 22.3 Å². The molecule has 2 nitrogen and oxygen atoms in total.